The standard InChI is InChI=1S/C20H29N3O3/c1-14-11-23(12-15(2)26-14)13-19(24)22-18-10-6-5-9-17(18)20(25)21-16-7-3-4-8-16/h5-6,9-10,14-16H,3-4,7-8,11-13H2,1-2H3,(H,21,25)(H,22,24)/p+1/t14-,15-/m0/s1. The fourth-order valence-electron chi connectivity index (χ4n) is 4.08. The molecule has 1 heterocycles. The summed E-state index contributed by atoms with van der Waals surface area (Å²) in [5.41, 5.74) is 1.12. The first kappa shape index (κ1) is 18.9. The number of ether oxygens (including phenoxy) is 1. The SMILES string of the molecule is C[C@H]1C[NH+](CC(=O)Nc2ccccc2C(=O)NC2CCCC2)C[C@H](C)O1. The Balaban J connectivity index is 1.60. The quantitative estimate of drug-likeness (QED) is 0.733. The number of carbonyl (C=O) groups excluding carboxylic acids is 2. The highest BCUT2D eigenvalue weighted by atomic mass is 16.5. The molecule has 2 amide bonds. The smallest absolute Gasteiger partial charge is 0.279 e. The van der Waals surface area contributed by atoms with Gasteiger partial charge in [-0.1, -0.05) is 25.0 Å². The summed E-state index contributed by atoms with van der Waals surface area (Å²) in [4.78, 5) is 26.3. The van der Waals surface area contributed by atoms with Crippen LogP contribution in [0.15, 0.2) is 24.3 Å². The van der Waals surface area contributed by atoms with Crippen LogP contribution in [0.25, 0.3) is 0 Å². The van der Waals surface area contributed by atoms with Crippen molar-refractivity contribution in [2.24, 2.45) is 0 Å². The maximum absolute atomic E-state index is 12.6. The Hall–Kier alpha value is -1.92. The van der Waals surface area contributed by atoms with Crippen LogP contribution in [0.5, 0.6) is 0 Å². The summed E-state index contributed by atoms with van der Waals surface area (Å²) in [6.45, 7) is 6.10. The van der Waals surface area contributed by atoms with Crippen LogP contribution in [-0.4, -0.2) is 49.7 Å². The summed E-state index contributed by atoms with van der Waals surface area (Å²) in [6.07, 6.45) is 4.73. The van der Waals surface area contributed by atoms with Crippen molar-refractivity contribution in [3.63, 3.8) is 0 Å². The molecule has 1 aliphatic carbocycles. The van der Waals surface area contributed by atoms with Gasteiger partial charge in [-0.25, -0.2) is 0 Å². The van der Waals surface area contributed by atoms with Crippen LogP contribution in [0.3, 0.4) is 0 Å². The Labute approximate surface area is 155 Å². The molecule has 0 bridgehead atoms. The number of amides is 2. The van der Waals surface area contributed by atoms with E-state index >= 15 is 0 Å². The van der Waals surface area contributed by atoms with Gasteiger partial charge in [0.25, 0.3) is 11.8 Å². The molecule has 3 N–H and O–H groups in total. The number of nitrogens with one attached hydrogen (secondary N) is 3. The minimum Gasteiger partial charge on any atom is -0.364 e. The topological polar surface area (TPSA) is 71.9 Å². The molecule has 26 heavy (non-hydrogen) atoms. The summed E-state index contributed by atoms with van der Waals surface area (Å²) < 4.78 is 5.72. The molecule has 1 aliphatic heterocycles. The number of hydrogen-bond acceptors (Lipinski definition) is 3. The van der Waals surface area contributed by atoms with E-state index in [1.54, 1.807) is 12.1 Å². The van der Waals surface area contributed by atoms with Crippen LogP contribution < -0.4 is 15.5 Å². The lowest BCUT2D eigenvalue weighted by molar-refractivity contribution is -0.907. The van der Waals surface area contributed by atoms with Gasteiger partial charge in [0, 0.05) is 6.04 Å². The maximum atomic E-state index is 12.6. The third-order valence-corrected chi connectivity index (χ3v) is 5.16. The molecule has 3 rings (SSSR count). The normalized spacial score (nSPS) is 26.5. The zero-order valence-electron chi connectivity index (χ0n) is 15.7. The van der Waals surface area contributed by atoms with Gasteiger partial charge in [-0.2, -0.15) is 0 Å². The number of anilines is 1. The molecule has 0 spiro atoms. The van der Waals surface area contributed by atoms with Crippen molar-refractivity contribution in [1.29, 1.82) is 0 Å². The van der Waals surface area contributed by atoms with E-state index in [-0.39, 0.29) is 30.1 Å². The fraction of sp³-hybridized carbons (Fsp3) is 0.600. The average molecular weight is 360 g/mol. The molecular formula is C20H30N3O3+. The third kappa shape index (κ3) is 5.05. The summed E-state index contributed by atoms with van der Waals surface area (Å²) in [5, 5.41) is 6.02. The molecular weight excluding hydrogens is 330 g/mol. The van der Waals surface area contributed by atoms with Gasteiger partial charge in [-0.3, -0.25) is 9.59 Å². The van der Waals surface area contributed by atoms with E-state index in [1.165, 1.54) is 17.7 Å². The second-order valence-electron chi connectivity index (χ2n) is 7.64. The van der Waals surface area contributed by atoms with E-state index in [0.717, 1.165) is 25.9 Å². The highest BCUT2D eigenvalue weighted by Gasteiger charge is 2.27. The molecule has 1 aromatic rings. The van der Waals surface area contributed by atoms with Crippen LogP contribution in [-0.2, 0) is 9.53 Å². The average Bonchev–Trinajstić information content (AvgIpc) is 3.07. The predicted octanol–water partition coefficient (Wildman–Crippen LogP) is 0.990. The number of morpholine rings is 1. The number of rotatable bonds is 5. The lowest BCUT2D eigenvalue weighted by Gasteiger charge is -2.31. The van der Waals surface area contributed by atoms with Gasteiger partial charge in [0.15, 0.2) is 6.54 Å². The molecule has 1 saturated carbocycles. The molecule has 1 saturated heterocycles. The van der Waals surface area contributed by atoms with Gasteiger partial charge in [-0.15, -0.1) is 0 Å². The zero-order chi connectivity index (χ0) is 18.5. The van der Waals surface area contributed by atoms with Crippen molar-refractivity contribution < 1.29 is 19.2 Å². The third-order valence-electron chi connectivity index (χ3n) is 5.16. The van der Waals surface area contributed by atoms with Gasteiger partial charge >= 0.3 is 0 Å². The fourth-order valence-corrected chi connectivity index (χ4v) is 4.08. The molecule has 0 unspecified atom stereocenters. The first-order valence-corrected chi connectivity index (χ1v) is 9.70. The Morgan fingerprint density at radius 1 is 1.12 bits per heavy atom. The van der Waals surface area contributed by atoms with E-state index in [0.29, 0.717) is 17.8 Å². The van der Waals surface area contributed by atoms with Crippen LogP contribution in [0.2, 0.25) is 0 Å². The van der Waals surface area contributed by atoms with E-state index in [4.69, 9.17) is 4.74 Å². The molecule has 6 nitrogen and oxygen atoms in total. The van der Waals surface area contributed by atoms with Crippen molar-refractivity contribution >= 4 is 17.5 Å². The number of benzene rings is 1. The monoisotopic (exact) mass is 360 g/mol. The highest BCUT2D eigenvalue weighted by Crippen LogP contribution is 2.20. The molecule has 0 aromatic heterocycles. The van der Waals surface area contributed by atoms with Crippen LogP contribution >= 0.6 is 0 Å². The molecule has 6 heteroatoms. The summed E-state index contributed by atoms with van der Waals surface area (Å²) in [5.74, 6) is -0.170. The molecule has 0 radical (unpaired) electrons. The predicted molar refractivity (Wildman–Crippen MR) is 100 cm³/mol. The zero-order valence-corrected chi connectivity index (χ0v) is 15.7. The Morgan fingerprint density at radius 2 is 1.77 bits per heavy atom. The van der Waals surface area contributed by atoms with E-state index in [1.807, 2.05) is 26.0 Å². The largest absolute Gasteiger partial charge is 0.364 e. The minimum atomic E-state index is -0.103. The van der Waals surface area contributed by atoms with Gasteiger partial charge in [0.2, 0.25) is 0 Å². The summed E-state index contributed by atoms with van der Waals surface area (Å²) in [6, 6.07) is 7.49. The maximum Gasteiger partial charge on any atom is 0.279 e. The lowest BCUT2D eigenvalue weighted by atomic mass is 10.1. The molecule has 2 atom stereocenters. The lowest BCUT2D eigenvalue weighted by Crippen LogP contribution is -3.16. The molecule has 1 aromatic carbocycles. The first-order valence-electron chi connectivity index (χ1n) is 9.70. The number of quaternary nitrogens is 1. The van der Waals surface area contributed by atoms with E-state index < -0.39 is 0 Å². The van der Waals surface area contributed by atoms with Crippen molar-refractivity contribution in [1.82, 2.24) is 5.32 Å². The van der Waals surface area contributed by atoms with Crippen LogP contribution in [0, 0.1) is 0 Å². The molecule has 2 fully saturated rings. The van der Waals surface area contributed by atoms with Crippen LogP contribution in [0.1, 0.15) is 49.9 Å². The van der Waals surface area contributed by atoms with Crippen molar-refractivity contribution in [3.8, 4) is 0 Å². The molecule has 2 aliphatic rings. The number of carbonyl (C=O) groups is 2. The Morgan fingerprint density at radius 3 is 2.46 bits per heavy atom. The van der Waals surface area contributed by atoms with Crippen molar-refractivity contribution in [2.45, 2.75) is 57.8 Å². The second-order valence-corrected chi connectivity index (χ2v) is 7.64. The minimum absolute atomic E-state index is 0.0672. The van der Waals surface area contributed by atoms with Crippen molar-refractivity contribution in [3.05, 3.63) is 29.8 Å². The summed E-state index contributed by atoms with van der Waals surface area (Å²) >= 11 is 0. The second kappa shape index (κ2) is 8.64. The first-order chi connectivity index (χ1) is 12.5. The Bertz CT molecular complexity index is 633. The number of hydrogen-bond donors (Lipinski definition) is 3. The van der Waals surface area contributed by atoms with Gasteiger partial charge in [0.1, 0.15) is 25.3 Å². The Kier molecular flexibility index (Phi) is 6.27. The van der Waals surface area contributed by atoms with Crippen LogP contribution in [0.4, 0.5) is 5.69 Å². The van der Waals surface area contributed by atoms with E-state index in [2.05, 4.69) is 10.6 Å². The number of para-hydroxylation sites is 1. The van der Waals surface area contributed by atoms with Gasteiger partial charge in [0.05, 0.1) is 11.3 Å². The molecule has 142 valence electrons. The van der Waals surface area contributed by atoms with Gasteiger partial charge < -0.3 is 20.3 Å². The van der Waals surface area contributed by atoms with Gasteiger partial charge in [-0.05, 0) is 38.8 Å². The van der Waals surface area contributed by atoms with Crippen molar-refractivity contribution in [2.75, 3.05) is 25.0 Å². The summed E-state index contributed by atoms with van der Waals surface area (Å²) in [7, 11) is 0. The highest BCUT2D eigenvalue weighted by molar-refractivity contribution is 6.04. The van der Waals surface area contributed by atoms with E-state index in [9.17, 15) is 9.59 Å².